The maximum atomic E-state index is 13.7. The molecule has 2 amide bonds. The molecule has 0 aliphatic rings. The van der Waals surface area contributed by atoms with Crippen LogP contribution in [0.5, 0.6) is 5.75 Å². The summed E-state index contributed by atoms with van der Waals surface area (Å²) in [5.74, 6) is -0.172. The Kier molecular flexibility index (Phi) is 11.5. The minimum atomic E-state index is -3.87. The molecule has 3 aromatic rings. The Labute approximate surface area is 252 Å². The van der Waals surface area contributed by atoms with Crippen LogP contribution < -0.4 is 14.4 Å². The summed E-state index contributed by atoms with van der Waals surface area (Å²) in [7, 11) is -3.87. The number of rotatable bonds is 13. The van der Waals surface area contributed by atoms with Gasteiger partial charge in [0.15, 0.2) is 0 Å². The third-order valence-corrected chi connectivity index (χ3v) is 7.99. The highest BCUT2D eigenvalue weighted by atomic mass is 35.5. The van der Waals surface area contributed by atoms with Gasteiger partial charge in [-0.05, 0) is 60.4 Å². The molecule has 0 fully saturated rings. The van der Waals surface area contributed by atoms with Gasteiger partial charge in [-0.3, -0.25) is 13.9 Å². The molecule has 1 atom stereocenters. The molecule has 0 saturated carbocycles. The van der Waals surface area contributed by atoms with E-state index in [0.29, 0.717) is 34.5 Å². The molecule has 0 aliphatic carbocycles. The maximum absolute atomic E-state index is 13.7. The number of hydrogen-bond acceptors (Lipinski definition) is 5. The minimum Gasteiger partial charge on any atom is -0.489 e. The van der Waals surface area contributed by atoms with Gasteiger partial charge in [0.1, 0.15) is 24.9 Å². The molecule has 1 N–H and O–H groups in total. The Balaban J connectivity index is 1.83. The summed E-state index contributed by atoms with van der Waals surface area (Å²) < 4.78 is 32.5. The zero-order valence-electron chi connectivity index (χ0n) is 23.5. The zero-order chi connectivity index (χ0) is 30.2. The van der Waals surface area contributed by atoms with Crippen molar-refractivity contribution < 1.29 is 22.7 Å². The van der Waals surface area contributed by atoms with Crippen LogP contribution in [0.3, 0.4) is 0 Å². The first kappa shape index (κ1) is 32.2. The zero-order valence-corrected chi connectivity index (χ0v) is 25.8. The molecule has 0 radical (unpaired) electrons. The topological polar surface area (TPSA) is 96.0 Å². The van der Waals surface area contributed by atoms with E-state index in [2.05, 4.69) is 5.32 Å². The molecule has 0 unspecified atom stereocenters. The van der Waals surface area contributed by atoms with Crippen molar-refractivity contribution in [1.29, 1.82) is 0 Å². The minimum absolute atomic E-state index is 0.0189. The maximum Gasteiger partial charge on any atom is 0.244 e. The summed E-state index contributed by atoms with van der Waals surface area (Å²) in [6.07, 6.45) is 1.03. The highest BCUT2D eigenvalue weighted by Gasteiger charge is 2.30. The van der Waals surface area contributed by atoms with E-state index in [0.717, 1.165) is 16.1 Å². The number of anilines is 1. The summed E-state index contributed by atoms with van der Waals surface area (Å²) in [5, 5.41) is 3.60. The average Bonchev–Trinajstić information content (AvgIpc) is 2.93. The third kappa shape index (κ3) is 9.66. The van der Waals surface area contributed by atoms with E-state index >= 15 is 0 Å². The van der Waals surface area contributed by atoms with Gasteiger partial charge in [0.25, 0.3) is 0 Å². The standard InChI is InChI=1S/C30H35Cl2N3O5S/c1-21(2)17-33-30(37)22(3)34(18-24-10-11-25(31)16-28(24)32)29(36)19-35(41(4,38)39)26-12-14-27(15-13-26)40-20-23-8-6-5-7-9-23/h5-16,21-22H,17-20H2,1-4H3,(H,33,37)/t22-/m1/s1. The predicted molar refractivity (Wildman–Crippen MR) is 164 cm³/mol. The van der Waals surface area contributed by atoms with Gasteiger partial charge in [-0.2, -0.15) is 0 Å². The van der Waals surface area contributed by atoms with E-state index in [1.165, 1.54) is 4.90 Å². The molecular formula is C30H35Cl2N3O5S. The number of benzene rings is 3. The number of nitrogens with one attached hydrogen (secondary N) is 1. The van der Waals surface area contributed by atoms with Crippen LogP contribution in [-0.2, 0) is 32.8 Å². The average molecular weight is 621 g/mol. The molecule has 0 aromatic heterocycles. The summed E-state index contributed by atoms with van der Waals surface area (Å²) >= 11 is 12.4. The largest absolute Gasteiger partial charge is 0.489 e. The van der Waals surface area contributed by atoms with E-state index in [1.54, 1.807) is 49.4 Å². The molecular weight excluding hydrogens is 585 g/mol. The summed E-state index contributed by atoms with van der Waals surface area (Å²) in [6, 6.07) is 20.1. The lowest BCUT2D eigenvalue weighted by molar-refractivity contribution is -0.139. The van der Waals surface area contributed by atoms with Crippen LogP contribution in [0.25, 0.3) is 0 Å². The first-order valence-corrected chi connectivity index (χ1v) is 15.7. The number of amides is 2. The smallest absolute Gasteiger partial charge is 0.244 e. The molecule has 3 rings (SSSR count). The summed E-state index contributed by atoms with van der Waals surface area (Å²) in [6.45, 7) is 5.77. The van der Waals surface area contributed by atoms with Gasteiger partial charge in [-0.1, -0.05) is 73.4 Å². The fraction of sp³-hybridized carbons (Fsp3) is 0.333. The third-order valence-electron chi connectivity index (χ3n) is 6.26. The molecule has 220 valence electrons. The van der Waals surface area contributed by atoms with Gasteiger partial charge in [0.2, 0.25) is 21.8 Å². The number of hydrogen-bond donors (Lipinski definition) is 1. The fourth-order valence-electron chi connectivity index (χ4n) is 3.93. The van der Waals surface area contributed by atoms with Crippen molar-refractivity contribution in [1.82, 2.24) is 10.2 Å². The molecule has 8 nitrogen and oxygen atoms in total. The second-order valence-corrected chi connectivity index (χ2v) is 12.9. The van der Waals surface area contributed by atoms with Gasteiger partial charge < -0.3 is 15.0 Å². The Morgan fingerprint density at radius 1 is 0.951 bits per heavy atom. The molecule has 0 bridgehead atoms. The first-order valence-electron chi connectivity index (χ1n) is 13.1. The van der Waals surface area contributed by atoms with Crippen molar-refractivity contribution in [2.75, 3.05) is 23.7 Å². The van der Waals surface area contributed by atoms with Crippen molar-refractivity contribution in [2.45, 2.75) is 40.0 Å². The van der Waals surface area contributed by atoms with Crippen LogP contribution in [0.4, 0.5) is 5.69 Å². The lowest BCUT2D eigenvalue weighted by Gasteiger charge is -2.32. The quantitative estimate of drug-likeness (QED) is 0.271. The normalized spacial score (nSPS) is 12.1. The lowest BCUT2D eigenvalue weighted by Crippen LogP contribution is -2.51. The number of carbonyl (C=O) groups is 2. The predicted octanol–water partition coefficient (Wildman–Crippen LogP) is 5.53. The van der Waals surface area contributed by atoms with E-state index in [1.807, 2.05) is 44.2 Å². The van der Waals surface area contributed by atoms with Crippen LogP contribution in [0.15, 0.2) is 72.8 Å². The van der Waals surface area contributed by atoms with E-state index in [-0.39, 0.29) is 24.1 Å². The number of carbonyl (C=O) groups excluding carboxylic acids is 2. The molecule has 3 aromatic carbocycles. The number of nitrogens with zero attached hydrogens (tertiary/aromatic N) is 2. The molecule has 41 heavy (non-hydrogen) atoms. The summed E-state index contributed by atoms with van der Waals surface area (Å²) in [4.78, 5) is 28.0. The van der Waals surface area contributed by atoms with E-state index in [4.69, 9.17) is 27.9 Å². The van der Waals surface area contributed by atoms with Crippen molar-refractivity contribution >= 4 is 50.7 Å². The number of halogens is 2. The Bertz CT molecular complexity index is 1430. The number of ether oxygens (including phenoxy) is 1. The van der Waals surface area contributed by atoms with Crippen molar-refractivity contribution in [3.63, 3.8) is 0 Å². The van der Waals surface area contributed by atoms with Crippen molar-refractivity contribution in [3.05, 3.63) is 94.0 Å². The van der Waals surface area contributed by atoms with Gasteiger partial charge in [0, 0.05) is 23.1 Å². The molecule has 11 heteroatoms. The Morgan fingerprint density at radius 3 is 2.20 bits per heavy atom. The second-order valence-electron chi connectivity index (χ2n) is 10.1. The van der Waals surface area contributed by atoms with Gasteiger partial charge >= 0.3 is 0 Å². The lowest BCUT2D eigenvalue weighted by atomic mass is 10.1. The molecule has 0 spiro atoms. The highest BCUT2D eigenvalue weighted by Crippen LogP contribution is 2.25. The monoisotopic (exact) mass is 619 g/mol. The molecule has 0 aliphatic heterocycles. The van der Waals surface area contributed by atoms with Crippen LogP contribution >= 0.6 is 23.2 Å². The van der Waals surface area contributed by atoms with Crippen molar-refractivity contribution in [2.24, 2.45) is 5.92 Å². The Hall–Kier alpha value is -3.27. The van der Waals surface area contributed by atoms with Crippen LogP contribution in [-0.4, -0.2) is 50.5 Å². The van der Waals surface area contributed by atoms with E-state index in [9.17, 15) is 18.0 Å². The molecule has 0 heterocycles. The molecule has 0 saturated heterocycles. The highest BCUT2D eigenvalue weighted by molar-refractivity contribution is 7.92. The van der Waals surface area contributed by atoms with Crippen LogP contribution in [0.1, 0.15) is 31.9 Å². The summed E-state index contributed by atoms with van der Waals surface area (Å²) in [5.41, 5.74) is 1.85. The van der Waals surface area contributed by atoms with Gasteiger partial charge in [-0.15, -0.1) is 0 Å². The van der Waals surface area contributed by atoms with Gasteiger partial charge in [-0.25, -0.2) is 8.42 Å². The van der Waals surface area contributed by atoms with E-state index < -0.39 is 28.5 Å². The SMILES string of the molecule is CC(C)CNC(=O)[C@@H](C)N(Cc1ccc(Cl)cc1Cl)C(=O)CN(c1ccc(OCc2ccccc2)cc1)S(C)(=O)=O. The fourth-order valence-corrected chi connectivity index (χ4v) is 5.25. The second kappa shape index (κ2) is 14.6. The van der Waals surface area contributed by atoms with Gasteiger partial charge in [0.05, 0.1) is 11.9 Å². The van der Waals surface area contributed by atoms with Crippen LogP contribution in [0.2, 0.25) is 10.0 Å². The first-order chi connectivity index (χ1) is 19.3. The van der Waals surface area contributed by atoms with Crippen LogP contribution in [0, 0.1) is 5.92 Å². The Morgan fingerprint density at radius 2 is 1.61 bits per heavy atom. The number of sulfonamides is 1. The van der Waals surface area contributed by atoms with Crippen molar-refractivity contribution in [3.8, 4) is 5.75 Å².